The molecule has 2 rings (SSSR count). The van der Waals surface area contributed by atoms with Crippen LogP contribution < -0.4 is 10.1 Å². The molecule has 0 fully saturated rings. The van der Waals surface area contributed by atoms with Crippen molar-refractivity contribution in [2.45, 2.75) is 12.6 Å². The van der Waals surface area contributed by atoms with Gasteiger partial charge in [0.05, 0.1) is 5.69 Å². The number of aliphatic hydroxyl groups is 1. The third-order valence-electron chi connectivity index (χ3n) is 2.85. The number of halogens is 1. The standard InChI is InChI=1S/C14H18BrN3O2/c1-18-12(5-6-17-18)8-16-9-13(19)10-20-14-4-2-3-11(15)7-14/h2-7,13,16,19H,8-10H2,1H3. The number of hydrogen-bond acceptors (Lipinski definition) is 4. The van der Waals surface area contributed by atoms with E-state index in [9.17, 15) is 5.11 Å². The predicted octanol–water partition coefficient (Wildman–Crippen LogP) is 1.71. The van der Waals surface area contributed by atoms with Gasteiger partial charge in [0.2, 0.25) is 0 Å². The molecular weight excluding hydrogens is 322 g/mol. The van der Waals surface area contributed by atoms with Crippen molar-refractivity contribution in [2.75, 3.05) is 13.2 Å². The van der Waals surface area contributed by atoms with Crippen molar-refractivity contribution < 1.29 is 9.84 Å². The average Bonchev–Trinajstić information content (AvgIpc) is 2.82. The number of aryl methyl sites for hydroxylation is 1. The number of rotatable bonds is 7. The highest BCUT2D eigenvalue weighted by molar-refractivity contribution is 9.10. The molecule has 1 aromatic heterocycles. The van der Waals surface area contributed by atoms with Gasteiger partial charge >= 0.3 is 0 Å². The summed E-state index contributed by atoms with van der Waals surface area (Å²) in [5.41, 5.74) is 1.07. The minimum Gasteiger partial charge on any atom is -0.491 e. The maximum Gasteiger partial charge on any atom is 0.120 e. The largest absolute Gasteiger partial charge is 0.491 e. The molecule has 0 amide bonds. The quantitative estimate of drug-likeness (QED) is 0.806. The third-order valence-corrected chi connectivity index (χ3v) is 3.34. The number of hydrogen-bond donors (Lipinski definition) is 2. The summed E-state index contributed by atoms with van der Waals surface area (Å²) in [6, 6.07) is 9.50. The fourth-order valence-electron chi connectivity index (χ4n) is 1.75. The van der Waals surface area contributed by atoms with Gasteiger partial charge in [-0.05, 0) is 24.3 Å². The maximum atomic E-state index is 9.86. The second-order valence-corrected chi connectivity index (χ2v) is 5.41. The Morgan fingerprint density at radius 1 is 1.45 bits per heavy atom. The van der Waals surface area contributed by atoms with Crippen molar-refractivity contribution in [1.29, 1.82) is 0 Å². The molecule has 0 saturated carbocycles. The van der Waals surface area contributed by atoms with Gasteiger partial charge in [-0.15, -0.1) is 0 Å². The first-order chi connectivity index (χ1) is 9.65. The van der Waals surface area contributed by atoms with E-state index in [2.05, 4.69) is 26.3 Å². The fourth-order valence-corrected chi connectivity index (χ4v) is 2.13. The van der Waals surface area contributed by atoms with Crippen LogP contribution in [0.15, 0.2) is 41.0 Å². The summed E-state index contributed by atoms with van der Waals surface area (Å²) in [7, 11) is 1.89. The summed E-state index contributed by atoms with van der Waals surface area (Å²) in [5.74, 6) is 0.741. The summed E-state index contributed by atoms with van der Waals surface area (Å²) < 4.78 is 8.28. The van der Waals surface area contributed by atoms with Crippen LogP contribution in [0.5, 0.6) is 5.75 Å². The van der Waals surface area contributed by atoms with Crippen molar-refractivity contribution in [2.24, 2.45) is 7.05 Å². The summed E-state index contributed by atoms with van der Waals surface area (Å²) in [6.07, 6.45) is 1.20. The number of ether oxygens (including phenoxy) is 1. The lowest BCUT2D eigenvalue weighted by molar-refractivity contribution is 0.106. The van der Waals surface area contributed by atoms with Crippen LogP contribution in [-0.2, 0) is 13.6 Å². The highest BCUT2D eigenvalue weighted by Crippen LogP contribution is 2.17. The minimum absolute atomic E-state index is 0.259. The molecule has 2 N–H and O–H groups in total. The third kappa shape index (κ3) is 4.63. The smallest absolute Gasteiger partial charge is 0.120 e. The molecule has 1 aromatic carbocycles. The van der Waals surface area contributed by atoms with E-state index < -0.39 is 6.10 Å². The van der Waals surface area contributed by atoms with Gasteiger partial charge in [0.25, 0.3) is 0 Å². The van der Waals surface area contributed by atoms with Crippen LogP contribution in [0.1, 0.15) is 5.69 Å². The lowest BCUT2D eigenvalue weighted by atomic mass is 10.3. The zero-order valence-electron chi connectivity index (χ0n) is 11.3. The molecule has 6 heteroatoms. The summed E-state index contributed by atoms with van der Waals surface area (Å²) in [4.78, 5) is 0. The van der Waals surface area contributed by atoms with Crippen LogP contribution in [0, 0.1) is 0 Å². The lowest BCUT2D eigenvalue weighted by Crippen LogP contribution is -2.31. The molecule has 0 radical (unpaired) electrons. The Bertz CT molecular complexity index is 545. The zero-order chi connectivity index (χ0) is 14.4. The van der Waals surface area contributed by atoms with Crippen molar-refractivity contribution in [3.05, 3.63) is 46.7 Å². The van der Waals surface area contributed by atoms with Gasteiger partial charge in [0.15, 0.2) is 0 Å². The second-order valence-electron chi connectivity index (χ2n) is 4.50. The molecule has 0 spiro atoms. The van der Waals surface area contributed by atoms with Crippen LogP contribution in [0.25, 0.3) is 0 Å². The second kappa shape index (κ2) is 7.42. The van der Waals surface area contributed by atoms with Crippen LogP contribution in [-0.4, -0.2) is 34.1 Å². The Balaban J connectivity index is 1.68. The summed E-state index contributed by atoms with van der Waals surface area (Å²) in [6.45, 7) is 1.40. The Morgan fingerprint density at radius 3 is 3.00 bits per heavy atom. The average molecular weight is 340 g/mol. The first kappa shape index (κ1) is 15.0. The van der Waals surface area contributed by atoms with E-state index in [1.165, 1.54) is 0 Å². The molecule has 2 aromatic rings. The van der Waals surface area contributed by atoms with Gasteiger partial charge in [-0.1, -0.05) is 22.0 Å². The monoisotopic (exact) mass is 339 g/mol. The normalized spacial score (nSPS) is 12.3. The number of aromatic nitrogens is 2. The molecule has 0 aliphatic carbocycles. The molecule has 0 aliphatic heterocycles. The van der Waals surface area contributed by atoms with Gasteiger partial charge < -0.3 is 15.2 Å². The molecule has 0 bridgehead atoms. The fraction of sp³-hybridized carbons (Fsp3) is 0.357. The van der Waals surface area contributed by atoms with Crippen LogP contribution in [0.4, 0.5) is 0 Å². The summed E-state index contributed by atoms with van der Waals surface area (Å²) in [5, 5.41) is 17.1. The molecular formula is C14H18BrN3O2. The van der Waals surface area contributed by atoms with E-state index in [1.807, 2.05) is 37.4 Å². The minimum atomic E-state index is -0.554. The van der Waals surface area contributed by atoms with Gasteiger partial charge in [0.1, 0.15) is 18.5 Å². The Labute approximate surface area is 126 Å². The molecule has 108 valence electrons. The molecule has 20 heavy (non-hydrogen) atoms. The van der Waals surface area contributed by atoms with E-state index in [1.54, 1.807) is 10.9 Å². The molecule has 1 unspecified atom stereocenters. The number of nitrogens with zero attached hydrogens (tertiary/aromatic N) is 2. The SMILES string of the molecule is Cn1nccc1CNCC(O)COc1cccc(Br)c1. The first-order valence-corrected chi connectivity index (χ1v) is 7.18. The van der Waals surface area contributed by atoms with Crippen molar-refractivity contribution in [3.63, 3.8) is 0 Å². The predicted molar refractivity (Wildman–Crippen MR) is 80.6 cm³/mol. The molecule has 1 atom stereocenters. The van der Waals surface area contributed by atoms with E-state index in [4.69, 9.17) is 4.74 Å². The molecule has 5 nitrogen and oxygen atoms in total. The van der Waals surface area contributed by atoms with Crippen LogP contribution >= 0.6 is 15.9 Å². The molecule has 0 saturated heterocycles. The Kier molecular flexibility index (Phi) is 5.58. The topological polar surface area (TPSA) is 59.3 Å². The Hall–Kier alpha value is -1.37. The first-order valence-electron chi connectivity index (χ1n) is 6.39. The highest BCUT2D eigenvalue weighted by atomic mass is 79.9. The van der Waals surface area contributed by atoms with Gasteiger partial charge in [-0.2, -0.15) is 5.10 Å². The van der Waals surface area contributed by atoms with Gasteiger partial charge in [0, 0.05) is 30.8 Å². The van der Waals surface area contributed by atoms with Gasteiger partial charge in [-0.25, -0.2) is 0 Å². The van der Waals surface area contributed by atoms with Crippen molar-refractivity contribution >= 4 is 15.9 Å². The van der Waals surface area contributed by atoms with E-state index in [-0.39, 0.29) is 6.61 Å². The molecule has 0 aliphatic rings. The van der Waals surface area contributed by atoms with E-state index >= 15 is 0 Å². The van der Waals surface area contributed by atoms with Gasteiger partial charge in [-0.3, -0.25) is 4.68 Å². The Morgan fingerprint density at radius 2 is 2.30 bits per heavy atom. The zero-order valence-corrected chi connectivity index (χ0v) is 12.9. The summed E-state index contributed by atoms with van der Waals surface area (Å²) >= 11 is 3.38. The maximum absolute atomic E-state index is 9.86. The highest BCUT2D eigenvalue weighted by Gasteiger charge is 2.06. The number of benzene rings is 1. The van der Waals surface area contributed by atoms with Crippen molar-refractivity contribution in [1.82, 2.24) is 15.1 Å². The van der Waals surface area contributed by atoms with Crippen LogP contribution in [0.3, 0.4) is 0 Å². The molecule has 1 heterocycles. The lowest BCUT2D eigenvalue weighted by Gasteiger charge is -2.13. The van der Waals surface area contributed by atoms with Crippen molar-refractivity contribution in [3.8, 4) is 5.75 Å². The van der Waals surface area contributed by atoms with E-state index in [0.29, 0.717) is 13.1 Å². The number of aliphatic hydroxyl groups excluding tert-OH is 1. The van der Waals surface area contributed by atoms with Crippen LogP contribution in [0.2, 0.25) is 0 Å². The van der Waals surface area contributed by atoms with E-state index in [0.717, 1.165) is 15.9 Å². The number of nitrogens with one attached hydrogen (secondary N) is 1.